The van der Waals surface area contributed by atoms with Gasteiger partial charge in [0.15, 0.2) is 0 Å². The van der Waals surface area contributed by atoms with Crippen molar-refractivity contribution in [3.05, 3.63) is 82.3 Å². The van der Waals surface area contributed by atoms with E-state index in [1.165, 1.54) is 12.1 Å². The van der Waals surface area contributed by atoms with Gasteiger partial charge in [0.25, 0.3) is 5.91 Å². The lowest BCUT2D eigenvalue weighted by Crippen LogP contribution is -2.23. The molecule has 0 saturated heterocycles. The van der Waals surface area contributed by atoms with Crippen LogP contribution in [0.1, 0.15) is 15.2 Å². The Morgan fingerprint density at radius 3 is 2.52 bits per heavy atom. The zero-order chi connectivity index (χ0) is 16.1. The van der Waals surface area contributed by atoms with Gasteiger partial charge in [0, 0.05) is 10.6 Å². The van der Waals surface area contributed by atoms with Gasteiger partial charge in [-0.15, -0.1) is 11.3 Å². The highest BCUT2D eigenvalue weighted by Crippen LogP contribution is 2.21. The van der Waals surface area contributed by atoms with Crippen LogP contribution >= 0.6 is 11.3 Å². The van der Waals surface area contributed by atoms with Crippen LogP contribution in [0.3, 0.4) is 0 Å². The summed E-state index contributed by atoms with van der Waals surface area (Å²) in [7, 11) is 0. The molecular weight excluding hydrogens is 311 g/mol. The molecule has 23 heavy (non-hydrogen) atoms. The minimum Gasteiger partial charge on any atom is -0.355 e. The maximum atomic E-state index is 13.0. The maximum Gasteiger partial charge on any atom is 0.253 e. The van der Waals surface area contributed by atoms with E-state index in [1.54, 1.807) is 29.5 Å². The molecule has 2 aromatic carbocycles. The molecule has 0 aliphatic heterocycles. The van der Waals surface area contributed by atoms with Crippen molar-refractivity contribution in [1.29, 1.82) is 0 Å². The van der Waals surface area contributed by atoms with E-state index in [0.29, 0.717) is 17.8 Å². The van der Waals surface area contributed by atoms with E-state index in [4.69, 9.17) is 0 Å². The molecule has 0 spiro atoms. The van der Waals surface area contributed by atoms with Gasteiger partial charge in [-0.2, -0.15) is 0 Å². The summed E-state index contributed by atoms with van der Waals surface area (Å²) in [5.41, 5.74) is 1.96. The standard InChI is InChI=1S/C18H15FN2OS/c19-13-7-9-14(10-8-13)21-17-6-2-1-5-16(17)18(22)20-12-15-4-3-11-23-15/h1-11,21H,12H2,(H,20,22). The summed E-state index contributed by atoms with van der Waals surface area (Å²) in [6.45, 7) is 0.501. The summed E-state index contributed by atoms with van der Waals surface area (Å²) in [5, 5.41) is 8.03. The van der Waals surface area contributed by atoms with Gasteiger partial charge in [-0.05, 0) is 47.8 Å². The first-order valence-corrected chi connectivity index (χ1v) is 8.02. The average Bonchev–Trinajstić information content (AvgIpc) is 3.09. The van der Waals surface area contributed by atoms with Crippen LogP contribution in [-0.4, -0.2) is 5.91 Å². The number of hydrogen-bond acceptors (Lipinski definition) is 3. The fourth-order valence-corrected chi connectivity index (χ4v) is 2.80. The molecule has 1 amide bonds. The van der Waals surface area contributed by atoms with Gasteiger partial charge < -0.3 is 10.6 Å². The van der Waals surface area contributed by atoms with Crippen LogP contribution in [0.4, 0.5) is 15.8 Å². The highest BCUT2D eigenvalue weighted by molar-refractivity contribution is 7.09. The molecule has 1 heterocycles. The SMILES string of the molecule is O=C(NCc1cccs1)c1ccccc1Nc1ccc(F)cc1. The minimum atomic E-state index is -0.294. The quantitative estimate of drug-likeness (QED) is 0.721. The Hall–Kier alpha value is -2.66. The normalized spacial score (nSPS) is 10.3. The maximum absolute atomic E-state index is 13.0. The highest BCUT2D eigenvalue weighted by Gasteiger charge is 2.11. The van der Waals surface area contributed by atoms with Gasteiger partial charge in [-0.3, -0.25) is 4.79 Å². The van der Waals surface area contributed by atoms with Gasteiger partial charge >= 0.3 is 0 Å². The molecule has 3 rings (SSSR count). The largest absolute Gasteiger partial charge is 0.355 e. The average molecular weight is 326 g/mol. The van der Waals surface area contributed by atoms with Gasteiger partial charge in [0.1, 0.15) is 5.82 Å². The third kappa shape index (κ3) is 3.96. The highest BCUT2D eigenvalue weighted by atomic mass is 32.1. The summed E-state index contributed by atoms with van der Waals surface area (Å²) in [5.74, 6) is -0.443. The van der Waals surface area contributed by atoms with Crippen molar-refractivity contribution < 1.29 is 9.18 Å². The summed E-state index contributed by atoms with van der Waals surface area (Å²) < 4.78 is 13.0. The van der Waals surface area contributed by atoms with Gasteiger partial charge in [0.05, 0.1) is 17.8 Å². The smallest absolute Gasteiger partial charge is 0.253 e. The number of anilines is 2. The van der Waals surface area contributed by atoms with Crippen LogP contribution in [0.2, 0.25) is 0 Å². The molecule has 3 aromatic rings. The van der Waals surface area contributed by atoms with E-state index in [1.807, 2.05) is 35.7 Å². The number of thiophene rings is 1. The summed E-state index contributed by atoms with van der Waals surface area (Å²) in [4.78, 5) is 13.5. The Kier molecular flexibility index (Phi) is 4.68. The van der Waals surface area contributed by atoms with E-state index in [9.17, 15) is 9.18 Å². The van der Waals surface area contributed by atoms with Gasteiger partial charge in [-0.1, -0.05) is 18.2 Å². The topological polar surface area (TPSA) is 41.1 Å². The molecule has 3 nitrogen and oxygen atoms in total. The Morgan fingerprint density at radius 2 is 1.78 bits per heavy atom. The first kappa shape index (κ1) is 15.2. The molecule has 0 radical (unpaired) electrons. The number of rotatable bonds is 5. The lowest BCUT2D eigenvalue weighted by atomic mass is 10.1. The molecule has 2 N–H and O–H groups in total. The van der Waals surface area contributed by atoms with Crippen molar-refractivity contribution in [2.24, 2.45) is 0 Å². The Labute approximate surface area is 137 Å². The van der Waals surface area contributed by atoms with Crippen molar-refractivity contribution in [3.63, 3.8) is 0 Å². The number of benzene rings is 2. The molecule has 5 heteroatoms. The van der Waals surface area contributed by atoms with Crippen molar-refractivity contribution in [1.82, 2.24) is 5.32 Å². The van der Waals surface area contributed by atoms with Gasteiger partial charge in [-0.25, -0.2) is 4.39 Å². The van der Waals surface area contributed by atoms with Crippen LogP contribution < -0.4 is 10.6 Å². The van der Waals surface area contributed by atoms with Crippen molar-refractivity contribution in [2.75, 3.05) is 5.32 Å². The number of hydrogen-bond donors (Lipinski definition) is 2. The number of halogens is 1. The first-order chi connectivity index (χ1) is 11.2. The van der Waals surface area contributed by atoms with Crippen LogP contribution in [0.5, 0.6) is 0 Å². The Balaban J connectivity index is 1.74. The molecule has 0 saturated carbocycles. The summed E-state index contributed by atoms with van der Waals surface area (Å²) in [6, 6.07) is 17.2. The second-order valence-electron chi connectivity index (χ2n) is 4.94. The third-order valence-corrected chi connectivity index (χ3v) is 4.17. The number of amides is 1. The van der Waals surface area contributed by atoms with Crippen LogP contribution in [0, 0.1) is 5.82 Å². The van der Waals surface area contributed by atoms with Crippen LogP contribution in [-0.2, 0) is 6.54 Å². The third-order valence-electron chi connectivity index (χ3n) is 3.30. The second-order valence-corrected chi connectivity index (χ2v) is 5.97. The van der Waals surface area contributed by atoms with Crippen molar-refractivity contribution in [2.45, 2.75) is 6.54 Å². The van der Waals surface area contributed by atoms with E-state index in [0.717, 1.165) is 10.6 Å². The molecular formula is C18H15FN2OS. The molecule has 0 fully saturated rings. The van der Waals surface area contributed by atoms with Crippen LogP contribution in [0.25, 0.3) is 0 Å². The molecule has 0 unspecified atom stereocenters. The van der Waals surface area contributed by atoms with Gasteiger partial charge in [0.2, 0.25) is 0 Å². The number of carbonyl (C=O) groups excluding carboxylic acids is 1. The molecule has 1 aromatic heterocycles. The van der Waals surface area contributed by atoms with Crippen molar-refractivity contribution in [3.8, 4) is 0 Å². The zero-order valence-electron chi connectivity index (χ0n) is 12.3. The first-order valence-electron chi connectivity index (χ1n) is 7.14. The fraction of sp³-hybridized carbons (Fsp3) is 0.0556. The number of nitrogens with one attached hydrogen (secondary N) is 2. The predicted molar refractivity (Wildman–Crippen MR) is 91.6 cm³/mol. The van der Waals surface area contributed by atoms with Crippen molar-refractivity contribution >= 4 is 28.6 Å². The van der Waals surface area contributed by atoms with E-state index < -0.39 is 0 Å². The molecule has 116 valence electrons. The fourth-order valence-electron chi connectivity index (χ4n) is 2.15. The zero-order valence-corrected chi connectivity index (χ0v) is 13.1. The number of carbonyl (C=O) groups is 1. The van der Waals surface area contributed by atoms with E-state index in [-0.39, 0.29) is 11.7 Å². The summed E-state index contributed by atoms with van der Waals surface area (Å²) in [6.07, 6.45) is 0. The van der Waals surface area contributed by atoms with E-state index in [2.05, 4.69) is 10.6 Å². The summed E-state index contributed by atoms with van der Waals surface area (Å²) >= 11 is 1.60. The monoisotopic (exact) mass is 326 g/mol. The van der Waals surface area contributed by atoms with E-state index >= 15 is 0 Å². The lowest BCUT2D eigenvalue weighted by molar-refractivity contribution is 0.0952. The van der Waals surface area contributed by atoms with Crippen LogP contribution in [0.15, 0.2) is 66.0 Å². The molecule has 0 atom stereocenters. The minimum absolute atomic E-state index is 0.149. The number of para-hydroxylation sites is 1. The second kappa shape index (κ2) is 7.07. The lowest BCUT2D eigenvalue weighted by Gasteiger charge is -2.12. The Morgan fingerprint density at radius 1 is 1.00 bits per heavy atom. The molecule has 0 bridgehead atoms. The molecule has 0 aliphatic rings. The molecule has 0 aliphatic carbocycles. The Bertz CT molecular complexity index is 785. The predicted octanol–water partition coefficient (Wildman–Crippen LogP) is 4.56.